The van der Waals surface area contributed by atoms with E-state index in [1.165, 1.54) is 6.42 Å². The fraction of sp³-hybridized carbons (Fsp3) is 0.652. The van der Waals surface area contributed by atoms with Gasteiger partial charge < -0.3 is 25.4 Å². The fourth-order valence-electron chi connectivity index (χ4n) is 4.39. The highest BCUT2D eigenvalue weighted by molar-refractivity contribution is 6.02. The first-order chi connectivity index (χ1) is 14.5. The minimum Gasteiger partial charge on any atom is -0.486 e. The molecule has 3 atom stereocenters. The molecule has 0 bridgehead atoms. The quantitative estimate of drug-likeness (QED) is 0.662. The number of amides is 2. The van der Waals surface area contributed by atoms with E-state index in [9.17, 15) is 14.7 Å². The predicted molar refractivity (Wildman–Crippen MR) is 117 cm³/mol. The number of hydrogen-bond acceptors (Lipinski definition) is 5. The second-order valence-electron chi connectivity index (χ2n) is 8.69. The Bertz CT molecular complexity index is 748. The number of carbonyl (C=O) groups is 2. The van der Waals surface area contributed by atoms with Crippen LogP contribution in [0.25, 0.3) is 0 Å². The van der Waals surface area contributed by atoms with Crippen LogP contribution in [0.2, 0.25) is 0 Å². The topological polar surface area (TPSA) is 90.9 Å². The average molecular weight is 418 g/mol. The number of ether oxygens (including phenoxy) is 1. The summed E-state index contributed by atoms with van der Waals surface area (Å²) in [5.74, 6) is 0.297. The van der Waals surface area contributed by atoms with E-state index < -0.39 is 0 Å². The van der Waals surface area contributed by atoms with Crippen LogP contribution in [0.15, 0.2) is 18.2 Å². The molecule has 1 saturated carbocycles. The van der Waals surface area contributed by atoms with Crippen molar-refractivity contribution < 1.29 is 19.4 Å². The molecule has 0 aromatic heterocycles. The Morgan fingerprint density at radius 1 is 1.30 bits per heavy atom. The monoisotopic (exact) mass is 417 g/mol. The lowest BCUT2D eigenvalue weighted by Crippen LogP contribution is -2.49. The van der Waals surface area contributed by atoms with Gasteiger partial charge in [-0.15, -0.1) is 0 Å². The van der Waals surface area contributed by atoms with Gasteiger partial charge in [0.2, 0.25) is 5.91 Å². The number of aliphatic hydroxyl groups excluding tert-OH is 1. The van der Waals surface area contributed by atoms with E-state index in [0.717, 1.165) is 25.7 Å². The van der Waals surface area contributed by atoms with Crippen molar-refractivity contribution in [1.82, 2.24) is 10.2 Å². The molecular weight excluding hydrogens is 382 g/mol. The van der Waals surface area contributed by atoms with E-state index in [0.29, 0.717) is 30.1 Å². The zero-order chi connectivity index (χ0) is 21.7. The van der Waals surface area contributed by atoms with Crippen LogP contribution < -0.4 is 15.4 Å². The Morgan fingerprint density at radius 3 is 2.70 bits per heavy atom. The van der Waals surface area contributed by atoms with Crippen molar-refractivity contribution in [3.8, 4) is 5.75 Å². The largest absolute Gasteiger partial charge is 0.486 e. The summed E-state index contributed by atoms with van der Waals surface area (Å²) in [6.45, 7) is 4.88. The summed E-state index contributed by atoms with van der Waals surface area (Å²) < 4.78 is 6.35. The molecule has 0 spiro atoms. The molecule has 0 saturated heterocycles. The third-order valence-electron chi connectivity index (χ3n) is 6.33. The lowest BCUT2D eigenvalue weighted by atomic mass is 9.88. The number of nitrogens with one attached hydrogen (secondary N) is 2. The Labute approximate surface area is 179 Å². The molecule has 7 heteroatoms. The number of fused-ring (bicyclic) bond motifs is 1. The third-order valence-corrected chi connectivity index (χ3v) is 6.33. The normalized spacial score (nSPS) is 23.7. The number of nitrogens with zero attached hydrogens (tertiary/aromatic N) is 1. The van der Waals surface area contributed by atoms with Gasteiger partial charge in [0.1, 0.15) is 6.10 Å². The first-order valence-electron chi connectivity index (χ1n) is 11.1. The van der Waals surface area contributed by atoms with Gasteiger partial charge in [0, 0.05) is 24.9 Å². The van der Waals surface area contributed by atoms with Crippen molar-refractivity contribution in [2.24, 2.45) is 11.8 Å². The van der Waals surface area contributed by atoms with E-state index in [1.807, 2.05) is 20.9 Å². The summed E-state index contributed by atoms with van der Waals surface area (Å²) in [5, 5.41) is 15.9. The molecule has 2 amide bonds. The number of likely N-dealkylation sites (N-methyl/N-ethyl adjacent to an activating group) is 1. The van der Waals surface area contributed by atoms with E-state index in [2.05, 4.69) is 10.6 Å². The van der Waals surface area contributed by atoms with Crippen LogP contribution in [0, 0.1) is 11.8 Å². The molecule has 3 rings (SSSR count). The smallest absolute Gasteiger partial charge is 0.258 e. The van der Waals surface area contributed by atoms with E-state index in [-0.39, 0.29) is 42.4 Å². The van der Waals surface area contributed by atoms with Gasteiger partial charge in [-0.25, -0.2) is 0 Å². The molecule has 1 aromatic carbocycles. The van der Waals surface area contributed by atoms with Crippen molar-refractivity contribution in [2.75, 3.05) is 32.1 Å². The number of hydrogen-bond donors (Lipinski definition) is 3. The molecule has 7 nitrogen and oxygen atoms in total. The first kappa shape index (κ1) is 22.6. The van der Waals surface area contributed by atoms with Crippen molar-refractivity contribution in [3.63, 3.8) is 0 Å². The molecule has 1 aliphatic heterocycles. The van der Waals surface area contributed by atoms with Gasteiger partial charge in [-0.05, 0) is 38.9 Å². The van der Waals surface area contributed by atoms with Gasteiger partial charge in [0.15, 0.2) is 5.75 Å². The number of para-hydroxylation sites is 1. The Hall–Kier alpha value is -2.12. The molecule has 166 valence electrons. The number of rotatable bonds is 6. The van der Waals surface area contributed by atoms with Crippen molar-refractivity contribution in [3.05, 3.63) is 23.8 Å². The molecule has 1 aliphatic carbocycles. The molecule has 1 aromatic rings. The van der Waals surface area contributed by atoms with Crippen LogP contribution in [-0.2, 0) is 4.79 Å². The maximum atomic E-state index is 13.3. The Kier molecular flexibility index (Phi) is 7.72. The van der Waals surface area contributed by atoms with Gasteiger partial charge in [-0.2, -0.15) is 0 Å². The van der Waals surface area contributed by atoms with Crippen LogP contribution in [-0.4, -0.2) is 60.7 Å². The maximum Gasteiger partial charge on any atom is 0.258 e. The van der Waals surface area contributed by atoms with Gasteiger partial charge in [0.05, 0.1) is 23.9 Å². The summed E-state index contributed by atoms with van der Waals surface area (Å²) >= 11 is 0. The van der Waals surface area contributed by atoms with Crippen LogP contribution in [0.3, 0.4) is 0 Å². The molecule has 1 fully saturated rings. The summed E-state index contributed by atoms with van der Waals surface area (Å²) in [4.78, 5) is 27.9. The summed E-state index contributed by atoms with van der Waals surface area (Å²) in [7, 11) is 1.87. The van der Waals surface area contributed by atoms with E-state index in [1.54, 1.807) is 23.1 Å². The van der Waals surface area contributed by atoms with Crippen molar-refractivity contribution in [1.29, 1.82) is 0 Å². The molecule has 0 radical (unpaired) electrons. The molecule has 0 unspecified atom stereocenters. The highest BCUT2D eigenvalue weighted by atomic mass is 16.5. The number of aliphatic hydroxyl groups is 1. The third kappa shape index (κ3) is 4.95. The molecule has 1 heterocycles. The van der Waals surface area contributed by atoms with Gasteiger partial charge >= 0.3 is 0 Å². The lowest BCUT2D eigenvalue weighted by Gasteiger charge is -2.37. The van der Waals surface area contributed by atoms with Gasteiger partial charge in [-0.1, -0.05) is 32.3 Å². The highest BCUT2D eigenvalue weighted by Crippen LogP contribution is 2.35. The number of carbonyl (C=O) groups excluding carboxylic acids is 2. The van der Waals surface area contributed by atoms with E-state index in [4.69, 9.17) is 4.74 Å². The molecule has 2 aliphatic rings. The minimum atomic E-state index is -0.304. The first-order valence-corrected chi connectivity index (χ1v) is 11.1. The Morgan fingerprint density at radius 2 is 2.03 bits per heavy atom. The average Bonchev–Trinajstić information content (AvgIpc) is 2.76. The second kappa shape index (κ2) is 10.3. The zero-order valence-electron chi connectivity index (χ0n) is 18.3. The molecular formula is C23H35N3O4. The van der Waals surface area contributed by atoms with Gasteiger partial charge in [0.25, 0.3) is 5.91 Å². The fourth-order valence-corrected chi connectivity index (χ4v) is 4.39. The Balaban J connectivity index is 1.96. The van der Waals surface area contributed by atoms with E-state index >= 15 is 0 Å². The zero-order valence-corrected chi connectivity index (χ0v) is 18.3. The summed E-state index contributed by atoms with van der Waals surface area (Å²) in [6.07, 6.45) is 4.97. The highest BCUT2D eigenvalue weighted by Gasteiger charge is 2.34. The van der Waals surface area contributed by atoms with Crippen LogP contribution in [0.4, 0.5) is 5.69 Å². The van der Waals surface area contributed by atoms with Crippen LogP contribution in [0.1, 0.15) is 56.3 Å². The molecule has 30 heavy (non-hydrogen) atoms. The number of benzene rings is 1. The summed E-state index contributed by atoms with van der Waals surface area (Å²) in [6, 6.07) is 5.00. The minimum absolute atomic E-state index is 0.00000535. The molecule has 3 N–H and O–H groups in total. The standard InChI is InChI=1S/C23H35N3O4/c1-15-13-26(16(2)14-27)23(29)18-10-7-11-19(21(18)30-20(15)12-24-3)25-22(28)17-8-5-4-6-9-17/h7,10-11,15-17,20,24,27H,4-6,8-9,12-14H2,1-3H3,(H,25,28)/t15-,16-,20-/m1/s1. The SMILES string of the molecule is CNC[C@H]1Oc2c(NC(=O)C3CCCCC3)cccc2C(=O)N([C@H](C)CO)C[C@H]1C. The van der Waals surface area contributed by atoms with Crippen molar-refractivity contribution in [2.45, 2.75) is 58.1 Å². The lowest BCUT2D eigenvalue weighted by molar-refractivity contribution is -0.120. The second-order valence-corrected chi connectivity index (χ2v) is 8.69. The summed E-state index contributed by atoms with van der Waals surface area (Å²) in [5.41, 5.74) is 0.966. The van der Waals surface area contributed by atoms with Gasteiger partial charge in [-0.3, -0.25) is 9.59 Å². The van der Waals surface area contributed by atoms with Crippen LogP contribution >= 0.6 is 0 Å². The number of anilines is 1. The predicted octanol–water partition coefficient (Wildman–Crippen LogP) is 2.64. The van der Waals surface area contributed by atoms with Crippen molar-refractivity contribution >= 4 is 17.5 Å². The van der Waals surface area contributed by atoms with Crippen LogP contribution in [0.5, 0.6) is 5.75 Å². The maximum absolute atomic E-state index is 13.3.